The third-order valence-corrected chi connectivity index (χ3v) is 5.02. The van der Waals surface area contributed by atoms with Crippen LogP contribution in [0.4, 0.5) is 5.69 Å². The van der Waals surface area contributed by atoms with Gasteiger partial charge in [0.25, 0.3) is 5.69 Å². The van der Waals surface area contributed by atoms with Crippen LogP contribution in [0.25, 0.3) is 0 Å². The average Bonchev–Trinajstić information content (AvgIpc) is 2.90. The van der Waals surface area contributed by atoms with Gasteiger partial charge in [0.05, 0.1) is 28.3 Å². The van der Waals surface area contributed by atoms with Crippen molar-refractivity contribution >= 4 is 5.69 Å². The molecular weight excluding hydrogens is 324 g/mol. The minimum absolute atomic E-state index is 0.00837. The van der Waals surface area contributed by atoms with Crippen molar-refractivity contribution in [3.63, 3.8) is 0 Å². The summed E-state index contributed by atoms with van der Waals surface area (Å²) >= 11 is 0. The Bertz CT molecular complexity index is 823. The first-order valence-corrected chi connectivity index (χ1v) is 8.49. The number of benzene rings is 1. The summed E-state index contributed by atoms with van der Waals surface area (Å²) in [4.78, 5) is 23.2. The molecule has 1 saturated carbocycles. The van der Waals surface area contributed by atoms with E-state index in [0.29, 0.717) is 11.1 Å². The van der Waals surface area contributed by atoms with Crippen molar-refractivity contribution in [1.82, 2.24) is 4.74 Å². The van der Waals surface area contributed by atoms with Crippen LogP contribution in [0.1, 0.15) is 48.5 Å². The number of rotatable bonds is 5. The third kappa shape index (κ3) is 3.37. The Morgan fingerprint density at radius 2 is 2.04 bits per heavy atom. The summed E-state index contributed by atoms with van der Waals surface area (Å²) < 4.78 is 12.7. The van der Waals surface area contributed by atoms with Crippen LogP contribution in [0.3, 0.4) is 0 Å². The summed E-state index contributed by atoms with van der Waals surface area (Å²) in [6.07, 6.45) is 4.18. The van der Waals surface area contributed by atoms with E-state index >= 15 is 0 Å². The first kappa shape index (κ1) is 17.4. The predicted molar refractivity (Wildman–Crippen MR) is 91.9 cm³/mol. The predicted octanol–water partition coefficient (Wildman–Crippen LogP) is 3.38. The Balaban J connectivity index is 1.96. The molecule has 134 valence electrons. The summed E-state index contributed by atoms with van der Waals surface area (Å²) in [5, 5.41) is 11.2. The van der Waals surface area contributed by atoms with Crippen molar-refractivity contribution in [1.29, 1.82) is 0 Å². The van der Waals surface area contributed by atoms with Crippen LogP contribution < -0.4 is 5.63 Å². The number of para-hydroxylation sites is 1. The van der Waals surface area contributed by atoms with Crippen LogP contribution in [0.5, 0.6) is 0 Å². The summed E-state index contributed by atoms with van der Waals surface area (Å²) in [6, 6.07) is 6.47. The highest BCUT2D eigenvalue weighted by Gasteiger charge is 2.31. The number of hydrogen-bond acceptors (Lipinski definition) is 5. The van der Waals surface area contributed by atoms with Gasteiger partial charge in [0, 0.05) is 25.2 Å². The summed E-state index contributed by atoms with van der Waals surface area (Å²) in [6.45, 7) is 1.83. The number of ether oxygens (including phenoxy) is 1. The lowest BCUT2D eigenvalue weighted by Gasteiger charge is -2.30. The Kier molecular flexibility index (Phi) is 5.03. The molecule has 25 heavy (non-hydrogen) atoms. The van der Waals surface area contributed by atoms with Crippen molar-refractivity contribution in [2.24, 2.45) is 0 Å². The fraction of sp³-hybridized carbons (Fsp3) is 0.500. The first-order chi connectivity index (χ1) is 12.0. The number of nitro groups is 1. The van der Waals surface area contributed by atoms with E-state index in [1.54, 1.807) is 30.0 Å². The molecule has 3 rings (SSSR count). The molecule has 2 atom stereocenters. The first-order valence-electron chi connectivity index (χ1n) is 8.49. The number of aromatic nitrogens is 1. The molecular formula is C18H22N2O5. The molecule has 0 aliphatic heterocycles. The molecule has 0 bridgehead atoms. The van der Waals surface area contributed by atoms with E-state index < -0.39 is 10.5 Å². The molecule has 1 aromatic heterocycles. The smallest absolute Gasteiger partial charge is 0.361 e. The molecule has 1 aliphatic carbocycles. The van der Waals surface area contributed by atoms with Gasteiger partial charge in [-0.15, -0.1) is 0 Å². The van der Waals surface area contributed by atoms with E-state index in [1.165, 1.54) is 6.07 Å². The highest BCUT2D eigenvalue weighted by molar-refractivity contribution is 5.43. The summed E-state index contributed by atoms with van der Waals surface area (Å²) in [5.41, 5.74) is 1.27. The van der Waals surface area contributed by atoms with E-state index in [4.69, 9.17) is 9.26 Å². The fourth-order valence-corrected chi connectivity index (χ4v) is 3.66. The van der Waals surface area contributed by atoms with Gasteiger partial charge in [-0.2, -0.15) is 0 Å². The normalized spacial score (nSPS) is 20.6. The molecule has 0 amide bonds. The van der Waals surface area contributed by atoms with E-state index in [9.17, 15) is 14.9 Å². The number of hydrogen-bond donors (Lipinski definition) is 0. The SMILES string of the molecule is COC1CCCCC1n1oc(=O)c(Cc2ccccc2[N+](=O)[O-])c1C. The summed E-state index contributed by atoms with van der Waals surface area (Å²) in [7, 11) is 1.67. The molecule has 2 unspecified atom stereocenters. The monoisotopic (exact) mass is 346 g/mol. The van der Waals surface area contributed by atoms with E-state index in [0.717, 1.165) is 31.4 Å². The van der Waals surface area contributed by atoms with E-state index in [-0.39, 0.29) is 24.3 Å². The second-order valence-corrected chi connectivity index (χ2v) is 6.46. The Hall–Kier alpha value is -2.41. The van der Waals surface area contributed by atoms with Gasteiger partial charge in [0.2, 0.25) is 0 Å². The van der Waals surface area contributed by atoms with E-state index in [1.807, 2.05) is 6.92 Å². The molecule has 0 N–H and O–H groups in total. The van der Waals surface area contributed by atoms with Crippen LogP contribution in [-0.2, 0) is 11.2 Å². The number of nitro benzene ring substituents is 1. The van der Waals surface area contributed by atoms with Gasteiger partial charge in [-0.05, 0) is 19.8 Å². The fourth-order valence-electron chi connectivity index (χ4n) is 3.66. The van der Waals surface area contributed by atoms with Crippen LogP contribution in [-0.4, -0.2) is 22.9 Å². The van der Waals surface area contributed by atoms with Crippen molar-refractivity contribution in [3.8, 4) is 0 Å². The quantitative estimate of drug-likeness (QED) is 0.612. The van der Waals surface area contributed by atoms with Gasteiger partial charge in [-0.1, -0.05) is 31.0 Å². The van der Waals surface area contributed by atoms with Crippen molar-refractivity contribution in [3.05, 3.63) is 61.6 Å². The van der Waals surface area contributed by atoms with Gasteiger partial charge >= 0.3 is 5.63 Å². The molecule has 0 radical (unpaired) electrons. The molecule has 1 fully saturated rings. The van der Waals surface area contributed by atoms with Gasteiger partial charge in [0.1, 0.15) is 0 Å². The minimum Gasteiger partial charge on any atom is -0.379 e. The second-order valence-electron chi connectivity index (χ2n) is 6.46. The Labute approximate surface area is 145 Å². The molecule has 7 heteroatoms. The molecule has 2 aromatic rings. The van der Waals surface area contributed by atoms with Gasteiger partial charge in [-0.3, -0.25) is 10.1 Å². The maximum atomic E-state index is 12.4. The largest absolute Gasteiger partial charge is 0.379 e. The summed E-state index contributed by atoms with van der Waals surface area (Å²) in [5.74, 6) is 0. The third-order valence-electron chi connectivity index (χ3n) is 5.02. The highest BCUT2D eigenvalue weighted by Crippen LogP contribution is 2.32. The topological polar surface area (TPSA) is 87.5 Å². The van der Waals surface area contributed by atoms with Crippen LogP contribution in [0, 0.1) is 17.0 Å². The molecule has 1 aliphatic rings. The van der Waals surface area contributed by atoms with Crippen LogP contribution in [0.2, 0.25) is 0 Å². The second kappa shape index (κ2) is 7.23. The molecule has 1 heterocycles. The molecule has 0 saturated heterocycles. The number of nitrogens with zero attached hydrogens (tertiary/aromatic N) is 2. The van der Waals surface area contributed by atoms with Gasteiger partial charge in [0.15, 0.2) is 0 Å². The lowest BCUT2D eigenvalue weighted by molar-refractivity contribution is -0.385. The maximum absolute atomic E-state index is 12.4. The number of methoxy groups -OCH3 is 1. The lowest BCUT2D eigenvalue weighted by Crippen LogP contribution is -2.29. The van der Waals surface area contributed by atoms with Crippen LogP contribution in [0.15, 0.2) is 33.6 Å². The highest BCUT2D eigenvalue weighted by atomic mass is 16.6. The zero-order valence-electron chi connectivity index (χ0n) is 14.4. The molecule has 7 nitrogen and oxygen atoms in total. The standard InChI is InChI=1S/C18H22N2O5/c1-12-14(11-13-7-3-4-8-15(13)20(22)23)18(21)25-19(12)16-9-5-6-10-17(16)24-2/h3-4,7-8,16-17H,5-6,9-11H2,1-2H3. The van der Waals surface area contributed by atoms with Gasteiger partial charge < -0.3 is 9.26 Å². The van der Waals surface area contributed by atoms with Gasteiger partial charge in [-0.25, -0.2) is 9.53 Å². The minimum atomic E-state index is -0.434. The van der Waals surface area contributed by atoms with Crippen molar-refractivity contribution in [2.45, 2.75) is 51.2 Å². The zero-order valence-corrected chi connectivity index (χ0v) is 14.4. The molecule has 0 spiro atoms. The Morgan fingerprint density at radius 1 is 1.32 bits per heavy atom. The van der Waals surface area contributed by atoms with Crippen molar-refractivity contribution < 1.29 is 14.2 Å². The zero-order chi connectivity index (χ0) is 18.0. The Morgan fingerprint density at radius 3 is 2.76 bits per heavy atom. The molecule has 1 aromatic carbocycles. The maximum Gasteiger partial charge on any atom is 0.361 e. The average molecular weight is 346 g/mol. The van der Waals surface area contributed by atoms with E-state index in [2.05, 4.69) is 0 Å². The van der Waals surface area contributed by atoms with Crippen molar-refractivity contribution in [2.75, 3.05) is 7.11 Å². The van der Waals surface area contributed by atoms with Crippen LogP contribution >= 0.6 is 0 Å². The lowest BCUT2D eigenvalue weighted by atomic mass is 9.92.